The number of rotatable bonds is 6. The topological polar surface area (TPSA) is 91.8 Å². The number of carbonyl (C=O) groups excluding carboxylic acids is 1. The van der Waals surface area contributed by atoms with Gasteiger partial charge in [-0.05, 0) is 31.0 Å². The van der Waals surface area contributed by atoms with E-state index in [9.17, 15) is 9.59 Å². The van der Waals surface area contributed by atoms with Gasteiger partial charge in [-0.2, -0.15) is 0 Å². The summed E-state index contributed by atoms with van der Waals surface area (Å²) in [5.41, 5.74) is 0.384. The number of H-pyrrole nitrogens is 1. The average molecular weight is 422 g/mol. The molecule has 3 aromatic rings. The minimum atomic E-state index is -0.218. The molecule has 0 bridgehead atoms. The molecule has 1 amide bonds. The highest BCUT2D eigenvalue weighted by molar-refractivity contribution is 8.00. The lowest BCUT2D eigenvalue weighted by Crippen LogP contribution is -2.32. The molecule has 0 aliphatic heterocycles. The Labute approximate surface area is 168 Å². The van der Waals surface area contributed by atoms with Crippen LogP contribution in [-0.2, 0) is 10.5 Å². The number of fused-ring (bicyclic) bond motifs is 1. The lowest BCUT2D eigenvalue weighted by molar-refractivity contribution is -0.118. The molecule has 1 aliphatic carbocycles. The van der Waals surface area contributed by atoms with Crippen LogP contribution in [0.4, 0.5) is 5.13 Å². The van der Waals surface area contributed by atoms with E-state index in [1.165, 1.54) is 23.1 Å². The molecule has 0 atom stereocenters. The number of benzene rings is 1. The summed E-state index contributed by atoms with van der Waals surface area (Å²) in [6.45, 7) is 1.85. The highest BCUT2D eigenvalue weighted by Gasteiger charge is 2.35. The normalized spacial score (nSPS) is 13.9. The highest BCUT2D eigenvalue weighted by atomic mass is 35.5. The van der Waals surface area contributed by atoms with Gasteiger partial charge in [0, 0.05) is 17.5 Å². The van der Waals surface area contributed by atoms with Crippen LogP contribution in [0, 0.1) is 0 Å². The molecule has 1 aliphatic rings. The number of aromatic amines is 1. The van der Waals surface area contributed by atoms with Crippen molar-refractivity contribution in [1.29, 1.82) is 0 Å². The molecule has 1 saturated carbocycles. The van der Waals surface area contributed by atoms with Gasteiger partial charge < -0.3 is 4.98 Å². The van der Waals surface area contributed by atoms with Gasteiger partial charge in [0.25, 0.3) is 5.56 Å². The second kappa shape index (κ2) is 7.57. The van der Waals surface area contributed by atoms with Gasteiger partial charge in [0.05, 0.1) is 16.7 Å². The number of hydrogen-bond donors (Lipinski definition) is 1. The summed E-state index contributed by atoms with van der Waals surface area (Å²) >= 11 is 8.75. The SMILES string of the molecule is CCC(=O)N(c1nnc(SCc2nc3ccc(Cl)cc3c(=O)[nH]2)s1)C1CC1. The quantitative estimate of drug-likeness (QED) is 0.482. The Balaban J connectivity index is 1.50. The molecule has 10 heteroatoms. The number of anilines is 1. The summed E-state index contributed by atoms with van der Waals surface area (Å²) in [7, 11) is 0. The predicted molar refractivity (Wildman–Crippen MR) is 108 cm³/mol. The maximum Gasteiger partial charge on any atom is 0.258 e. The molecule has 1 N–H and O–H groups in total. The Morgan fingerprint density at radius 2 is 2.22 bits per heavy atom. The maximum atomic E-state index is 12.2. The third-order valence-corrected chi connectivity index (χ3v) is 6.44. The monoisotopic (exact) mass is 421 g/mol. The first-order valence-electron chi connectivity index (χ1n) is 8.52. The molecule has 1 fully saturated rings. The van der Waals surface area contributed by atoms with Gasteiger partial charge in [-0.1, -0.05) is 41.6 Å². The van der Waals surface area contributed by atoms with Crippen LogP contribution in [0.3, 0.4) is 0 Å². The summed E-state index contributed by atoms with van der Waals surface area (Å²) in [4.78, 5) is 33.4. The first-order valence-corrected chi connectivity index (χ1v) is 10.7. The average Bonchev–Trinajstić information content (AvgIpc) is 3.38. The number of carbonyl (C=O) groups is 1. The van der Waals surface area contributed by atoms with Crippen molar-refractivity contribution in [3.63, 3.8) is 0 Å². The third kappa shape index (κ3) is 3.99. The summed E-state index contributed by atoms with van der Waals surface area (Å²) in [6.07, 6.45) is 2.48. The molecule has 140 valence electrons. The lowest BCUT2D eigenvalue weighted by Gasteiger charge is -2.17. The van der Waals surface area contributed by atoms with Crippen LogP contribution in [0.25, 0.3) is 10.9 Å². The van der Waals surface area contributed by atoms with Crippen molar-refractivity contribution < 1.29 is 4.79 Å². The molecule has 0 saturated heterocycles. The van der Waals surface area contributed by atoms with Crippen molar-refractivity contribution in [1.82, 2.24) is 20.2 Å². The summed E-state index contributed by atoms with van der Waals surface area (Å²) in [5.74, 6) is 1.08. The van der Waals surface area contributed by atoms with Crippen molar-refractivity contribution >= 4 is 56.6 Å². The molecule has 2 heterocycles. The summed E-state index contributed by atoms with van der Waals surface area (Å²) < 4.78 is 0.735. The van der Waals surface area contributed by atoms with E-state index < -0.39 is 0 Å². The molecule has 0 unspecified atom stereocenters. The Morgan fingerprint density at radius 1 is 1.41 bits per heavy atom. The Morgan fingerprint density at radius 3 is 2.96 bits per heavy atom. The fourth-order valence-electron chi connectivity index (χ4n) is 2.69. The van der Waals surface area contributed by atoms with Gasteiger partial charge in [0.2, 0.25) is 11.0 Å². The molecule has 0 spiro atoms. The number of halogens is 1. The van der Waals surface area contributed by atoms with Crippen LogP contribution < -0.4 is 10.5 Å². The largest absolute Gasteiger partial charge is 0.309 e. The highest BCUT2D eigenvalue weighted by Crippen LogP contribution is 2.36. The van der Waals surface area contributed by atoms with Gasteiger partial charge in [0.1, 0.15) is 5.82 Å². The molecular weight excluding hydrogens is 406 g/mol. The standard InChI is InChI=1S/C17H16ClN5O2S2/c1-2-14(24)23(10-4-5-10)16-21-22-17(27-16)26-8-13-19-12-6-3-9(18)7-11(12)15(25)20-13/h3,6-7,10H,2,4-5,8H2,1H3,(H,19,20,25). The van der Waals surface area contributed by atoms with Crippen LogP contribution >= 0.6 is 34.7 Å². The van der Waals surface area contributed by atoms with E-state index in [2.05, 4.69) is 20.2 Å². The van der Waals surface area contributed by atoms with Gasteiger partial charge in [-0.3, -0.25) is 14.5 Å². The lowest BCUT2D eigenvalue weighted by atomic mass is 10.2. The van der Waals surface area contributed by atoms with Crippen molar-refractivity contribution in [2.45, 2.75) is 42.3 Å². The number of hydrogen-bond acceptors (Lipinski definition) is 7. The van der Waals surface area contributed by atoms with Gasteiger partial charge in [0.15, 0.2) is 4.34 Å². The molecule has 1 aromatic carbocycles. The second-order valence-electron chi connectivity index (χ2n) is 6.16. The predicted octanol–water partition coefficient (Wildman–Crippen LogP) is 3.63. The van der Waals surface area contributed by atoms with E-state index in [0.29, 0.717) is 39.1 Å². The van der Waals surface area contributed by atoms with E-state index in [4.69, 9.17) is 11.6 Å². The van der Waals surface area contributed by atoms with Crippen LogP contribution in [0.5, 0.6) is 0 Å². The van der Waals surface area contributed by atoms with E-state index in [0.717, 1.165) is 17.2 Å². The minimum absolute atomic E-state index is 0.0735. The minimum Gasteiger partial charge on any atom is -0.309 e. The molecule has 27 heavy (non-hydrogen) atoms. The van der Waals surface area contributed by atoms with E-state index in [-0.39, 0.29) is 17.5 Å². The molecule has 0 radical (unpaired) electrons. The van der Waals surface area contributed by atoms with Crippen molar-refractivity contribution in [3.05, 3.63) is 39.4 Å². The number of thioether (sulfide) groups is 1. The van der Waals surface area contributed by atoms with E-state index in [1.807, 2.05) is 6.92 Å². The Bertz CT molecular complexity index is 1060. The van der Waals surface area contributed by atoms with Crippen molar-refractivity contribution in [2.75, 3.05) is 4.90 Å². The van der Waals surface area contributed by atoms with Gasteiger partial charge in [-0.25, -0.2) is 4.98 Å². The van der Waals surface area contributed by atoms with Gasteiger partial charge in [-0.15, -0.1) is 10.2 Å². The number of nitrogens with one attached hydrogen (secondary N) is 1. The number of nitrogens with zero attached hydrogens (tertiary/aromatic N) is 4. The van der Waals surface area contributed by atoms with E-state index in [1.54, 1.807) is 23.1 Å². The van der Waals surface area contributed by atoms with E-state index >= 15 is 0 Å². The Kier molecular flexibility index (Phi) is 5.16. The fraction of sp³-hybridized carbons (Fsp3) is 0.353. The van der Waals surface area contributed by atoms with Crippen molar-refractivity contribution in [2.24, 2.45) is 0 Å². The first-order chi connectivity index (χ1) is 13.0. The summed E-state index contributed by atoms with van der Waals surface area (Å²) in [6, 6.07) is 5.30. The zero-order valence-electron chi connectivity index (χ0n) is 14.4. The zero-order chi connectivity index (χ0) is 19.0. The number of aromatic nitrogens is 4. The van der Waals surface area contributed by atoms with Crippen LogP contribution in [-0.4, -0.2) is 32.1 Å². The van der Waals surface area contributed by atoms with Gasteiger partial charge >= 0.3 is 0 Å². The Hall–Kier alpha value is -1.97. The third-order valence-electron chi connectivity index (χ3n) is 4.13. The molecule has 2 aromatic heterocycles. The zero-order valence-corrected chi connectivity index (χ0v) is 16.8. The number of amides is 1. The van der Waals surface area contributed by atoms with Crippen molar-refractivity contribution in [3.8, 4) is 0 Å². The van der Waals surface area contributed by atoms with Crippen LogP contribution in [0.15, 0.2) is 27.3 Å². The molecule has 4 rings (SSSR count). The maximum absolute atomic E-state index is 12.2. The first kappa shape index (κ1) is 18.4. The second-order valence-corrected chi connectivity index (χ2v) is 8.78. The molecular formula is C17H16ClN5O2S2. The summed E-state index contributed by atoms with van der Waals surface area (Å²) in [5, 5.41) is 9.96. The van der Waals surface area contributed by atoms with Crippen LogP contribution in [0.2, 0.25) is 5.02 Å². The smallest absolute Gasteiger partial charge is 0.258 e. The van der Waals surface area contributed by atoms with Crippen LogP contribution in [0.1, 0.15) is 32.0 Å². The fourth-order valence-corrected chi connectivity index (χ4v) is 4.66. The molecule has 7 nitrogen and oxygen atoms in total.